The van der Waals surface area contributed by atoms with E-state index in [1.54, 1.807) is 4.90 Å². The predicted molar refractivity (Wildman–Crippen MR) is 119 cm³/mol. The zero-order valence-corrected chi connectivity index (χ0v) is 18.1. The first-order valence-electron chi connectivity index (χ1n) is 9.99. The summed E-state index contributed by atoms with van der Waals surface area (Å²) in [5.41, 5.74) is 0.882. The summed E-state index contributed by atoms with van der Waals surface area (Å²) in [6.07, 6.45) is -0.0276. The molecule has 1 unspecified atom stereocenters. The molecule has 2 aromatic rings. The van der Waals surface area contributed by atoms with E-state index in [0.29, 0.717) is 13.1 Å². The van der Waals surface area contributed by atoms with Gasteiger partial charge in [-0.25, -0.2) is 0 Å². The number of thiocarbonyl (C=S) groups is 1. The number of nitrogens with one attached hydrogen (secondary N) is 2. The van der Waals surface area contributed by atoms with Crippen LogP contribution in [0.15, 0.2) is 42.5 Å². The minimum Gasteiger partial charge on any atom is -0.463 e. The quantitative estimate of drug-likeness (QED) is 0.377. The van der Waals surface area contributed by atoms with Gasteiger partial charge in [-0.15, -0.1) is 0 Å². The van der Waals surface area contributed by atoms with Crippen molar-refractivity contribution < 1.29 is 23.9 Å². The summed E-state index contributed by atoms with van der Waals surface area (Å²) in [5, 5.41) is 7.59. The van der Waals surface area contributed by atoms with Crippen molar-refractivity contribution in [2.24, 2.45) is 0 Å². The average molecular weight is 444 g/mol. The molecule has 9 heteroatoms. The Morgan fingerprint density at radius 2 is 1.97 bits per heavy atom. The molecule has 0 saturated carbocycles. The van der Waals surface area contributed by atoms with Crippen molar-refractivity contribution in [1.82, 2.24) is 15.5 Å². The lowest BCUT2D eigenvalue weighted by molar-refractivity contribution is -0.148. The van der Waals surface area contributed by atoms with Crippen molar-refractivity contribution in [2.75, 3.05) is 33.4 Å². The summed E-state index contributed by atoms with van der Waals surface area (Å²) in [4.78, 5) is 38.6. The number of esters is 1. The van der Waals surface area contributed by atoms with Crippen LogP contribution >= 0.6 is 12.2 Å². The molecule has 1 fully saturated rings. The number of carbonyl (C=O) groups excluding carboxylic acids is 3. The molecule has 1 saturated heterocycles. The summed E-state index contributed by atoms with van der Waals surface area (Å²) in [6.45, 7) is 1.13. The van der Waals surface area contributed by atoms with Crippen LogP contribution in [0.4, 0.5) is 0 Å². The highest BCUT2D eigenvalue weighted by atomic mass is 32.1. The van der Waals surface area contributed by atoms with Crippen molar-refractivity contribution in [3.8, 4) is 0 Å². The van der Waals surface area contributed by atoms with Gasteiger partial charge in [0.1, 0.15) is 12.6 Å². The summed E-state index contributed by atoms with van der Waals surface area (Å²) >= 11 is 5.39. The summed E-state index contributed by atoms with van der Waals surface area (Å²) in [6, 6.07) is 12.8. The number of nitrogens with zero attached hydrogens (tertiary/aromatic N) is 1. The van der Waals surface area contributed by atoms with Crippen LogP contribution in [-0.4, -0.2) is 67.3 Å². The van der Waals surface area contributed by atoms with Crippen molar-refractivity contribution in [2.45, 2.75) is 18.9 Å². The van der Waals surface area contributed by atoms with Gasteiger partial charge >= 0.3 is 5.97 Å². The molecule has 1 aliphatic rings. The van der Waals surface area contributed by atoms with Crippen LogP contribution < -0.4 is 10.6 Å². The molecule has 0 aliphatic carbocycles. The predicted octanol–water partition coefficient (Wildman–Crippen LogP) is 1.16. The molecule has 0 bridgehead atoms. The van der Waals surface area contributed by atoms with E-state index in [-0.39, 0.29) is 43.0 Å². The molecule has 1 aliphatic heterocycles. The Labute approximate surface area is 185 Å². The van der Waals surface area contributed by atoms with E-state index in [9.17, 15) is 14.4 Å². The lowest BCUT2D eigenvalue weighted by Crippen LogP contribution is -2.60. The van der Waals surface area contributed by atoms with Crippen LogP contribution in [0.2, 0.25) is 0 Å². The summed E-state index contributed by atoms with van der Waals surface area (Å²) in [5.74, 6) is -1.15. The molecule has 3 rings (SSSR count). The van der Waals surface area contributed by atoms with Crippen molar-refractivity contribution in [3.63, 3.8) is 0 Å². The van der Waals surface area contributed by atoms with E-state index in [1.165, 1.54) is 7.11 Å². The number of rotatable bonds is 7. The third-order valence-electron chi connectivity index (χ3n) is 4.98. The van der Waals surface area contributed by atoms with Crippen LogP contribution in [0.5, 0.6) is 0 Å². The number of hydrogen-bond donors (Lipinski definition) is 2. The first-order valence-corrected chi connectivity index (χ1v) is 10.4. The Bertz CT molecular complexity index is 975. The minimum atomic E-state index is -0.839. The number of piperazine rings is 1. The van der Waals surface area contributed by atoms with E-state index < -0.39 is 12.0 Å². The highest BCUT2D eigenvalue weighted by Crippen LogP contribution is 2.19. The number of amides is 2. The third kappa shape index (κ3) is 5.99. The Balaban J connectivity index is 1.63. The number of methoxy groups -OCH3 is 1. The van der Waals surface area contributed by atoms with Gasteiger partial charge in [0.25, 0.3) is 0 Å². The molecular weight excluding hydrogens is 418 g/mol. The lowest BCUT2D eigenvalue weighted by atomic mass is 10.0. The molecule has 2 N–H and O–H groups in total. The fraction of sp³-hybridized carbons (Fsp3) is 0.364. The highest BCUT2D eigenvalue weighted by molar-refractivity contribution is 7.80. The molecule has 1 heterocycles. The molecular formula is C22H25N3O5S. The van der Waals surface area contributed by atoms with Gasteiger partial charge in [0.05, 0.1) is 19.4 Å². The molecule has 0 radical (unpaired) electrons. The second kappa shape index (κ2) is 10.8. The molecule has 31 heavy (non-hydrogen) atoms. The van der Waals surface area contributed by atoms with Crippen LogP contribution in [-0.2, 0) is 30.3 Å². The van der Waals surface area contributed by atoms with Gasteiger partial charge in [0.15, 0.2) is 5.11 Å². The van der Waals surface area contributed by atoms with Crippen LogP contribution in [0.3, 0.4) is 0 Å². The largest absolute Gasteiger partial charge is 0.463 e. The van der Waals surface area contributed by atoms with E-state index in [0.717, 1.165) is 16.3 Å². The Kier molecular flexibility index (Phi) is 7.91. The van der Waals surface area contributed by atoms with E-state index >= 15 is 0 Å². The first-order chi connectivity index (χ1) is 15.0. The molecule has 0 aromatic heterocycles. The van der Waals surface area contributed by atoms with Crippen molar-refractivity contribution >= 4 is 45.9 Å². The second-order valence-corrected chi connectivity index (χ2v) is 7.47. The monoisotopic (exact) mass is 443 g/mol. The second-order valence-electron chi connectivity index (χ2n) is 7.09. The number of carbonyl (C=O) groups is 3. The van der Waals surface area contributed by atoms with Crippen molar-refractivity contribution in [1.29, 1.82) is 0 Å². The van der Waals surface area contributed by atoms with Gasteiger partial charge < -0.3 is 25.0 Å². The lowest BCUT2D eigenvalue weighted by Gasteiger charge is -2.36. The van der Waals surface area contributed by atoms with Gasteiger partial charge in [-0.1, -0.05) is 42.5 Å². The maximum Gasteiger partial charge on any atom is 0.308 e. The Morgan fingerprint density at radius 3 is 2.77 bits per heavy atom. The number of benzene rings is 2. The smallest absolute Gasteiger partial charge is 0.308 e. The number of ether oxygens (including phenoxy) is 2. The SMILES string of the molecule is COCCOC(=O)CC1C(=O)NCCN1C(=S)NC(=O)Cc1cccc2ccccc12. The Morgan fingerprint density at radius 1 is 1.19 bits per heavy atom. The molecule has 8 nitrogen and oxygen atoms in total. The van der Waals surface area contributed by atoms with Gasteiger partial charge in [-0.3, -0.25) is 14.4 Å². The fourth-order valence-corrected chi connectivity index (χ4v) is 3.80. The zero-order valence-electron chi connectivity index (χ0n) is 17.3. The summed E-state index contributed by atoms with van der Waals surface area (Å²) in [7, 11) is 1.50. The number of hydrogen-bond acceptors (Lipinski definition) is 6. The van der Waals surface area contributed by atoms with E-state index in [4.69, 9.17) is 21.7 Å². The third-order valence-corrected chi connectivity index (χ3v) is 5.32. The van der Waals surface area contributed by atoms with E-state index in [1.807, 2.05) is 42.5 Å². The molecule has 0 spiro atoms. The minimum absolute atomic E-state index is 0.107. The van der Waals surface area contributed by atoms with Gasteiger partial charge in [0.2, 0.25) is 11.8 Å². The normalized spacial score (nSPS) is 16.0. The topological polar surface area (TPSA) is 97.0 Å². The fourth-order valence-electron chi connectivity index (χ4n) is 3.47. The maximum absolute atomic E-state index is 12.7. The van der Waals surface area contributed by atoms with Crippen LogP contribution in [0, 0.1) is 0 Å². The standard InChI is InChI=1S/C22H25N3O5S/c1-29-11-12-30-20(27)14-18-21(28)23-9-10-25(18)22(31)24-19(26)13-16-7-4-6-15-5-2-3-8-17(15)16/h2-8,18H,9-14H2,1H3,(H,23,28)(H,24,26,31). The van der Waals surface area contributed by atoms with E-state index in [2.05, 4.69) is 10.6 Å². The van der Waals surface area contributed by atoms with Gasteiger partial charge in [-0.2, -0.15) is 0 Å². The van der Waals surface area contributed by atoms with Gasteiger partial charge in [-0.05, 0) is 28.6 Å². The maximum atomic E-state index is 12.7. The molecule has 2 aromatic carbocycles. The Hall–Kier alpha value is -3.04. The highest BCUT2D eigenvalue weighted by Gasteiger charge is 2.34. The van der Waals surface area contributed by atoms with Gasteiger partial charge in [0, 0.05) is 20.2 Å². The molecule has 1 atom stereocenters. The van der Waals surface area contributed by atoms with Crippen LogP contribution in [0.25, 0.3) is 10.8 Å². The zero-order chi connectivity index (χ0) is 22.2. The summed E-state index contributed by atoms with van der Waals surface area (Å²) < 4.78 is 9.91. The first kappa shape index (κ1) is 22.6. The van der Waals surface area contributed by atoms with Crippen molar-refractivity contribution in [3.05, 3.63) is 48.0 Å². The number of fused-ring (bicyclic) bond motifs is 1. The average Bonchev–Trinajstić information content (AvgIpc) is 2.75. The van der Waals surface area contributed by atoms with Crippen LogP contribution in [0.1, 0.15) is 12.0 Å². The molecule has 164 valence electrons. The molecule has 2 amide bonds.